The minimum atomic E-state index is -0.564. The molecule has 4 aliphatic carbocycles. The number of amides is 7. The van der Waals surface area contributed by atoms with Gasteiger partial charge in [-0.2, -0.15) is 15.0 Å². The number of nitrogens with zero attached hydrogens (tertiary/aromatic N) is 16. The van der Waals surface area contributed by atoms with Crippen LogP contribution in [0.2, 0.25) is 0 Å². The van der Waals surface area contributed by atoms with Crippen LogP contribution in [-0.4, -0.2) is 215 Å². The number of carbonyl (C=O) groups excluding carboxylic acids is 7. The number of anilines is 15. The van der Waals surface area contributed by atoms with E-state index < -0.39 is 27.8 Å². The first-order chi connectivity index (χ1) is 63.2. The Bertz CT molecular complexity index is 5500. The maximum atomic E-state index is 13.2. The highest BCUT2D eigenvalue weighted by molar-refractivity contribution is 7.99. The molecule has 34 nitrogen and oxygen atoms in total. The van der Waals surface area contributed by atoms with Gasteiger partial charge in [0.25, 0.3) is 11.8 Å². The maximum Gasteiger partial charge on any atom is 0.411 e. The van der Waals surface area contributed by atoms with Gasteiger partial charge in [0.05, 0.1) is 91.9 Å². The standard InChI is InChI=1S/C28H39N7O3.C24H32N6O4.C23H29N5O2S.C22H29N5O2/c1-28(2)17-35(20-7-5-6-8-20)24-22(34(3)26(28)37)16-30-27(33-24)32-21-10-9-18(15-23(21)38-4)25(36)31-19-11-13-29-14-12-19;1-24(2)14-30(16-8-6-7-9-16)20-18(29(3)21(24)31)13-25-22(28-20)27-17-11-10-15(12-19(17)33-4)26-23(32)34-5;1-23(2)14-28(16-7-5-6-8-16)19-18(27(4)21(23)30)13-25-22(26-19)31-17-11-9-15(10-12-17)20(29)24-3;1-22(2)14-27(15-9-5-6-10-15)19-17(26(3)20(22)28)13-23-21(25-19)24-16-11-7-8-12-18(16)29-4/h9-10,15-16,19-20,29H,5-8,11-14,17H2,1-4H3,(H,31,36)(H,30,32,33);10-13,16H,6-9,14H2,1-5H3,(H,26,32)(H,25,27,28);9-13,16H,5-8,14H2,1-4H3,(H,24,29);7-8,11-13,15H,5-6,9-10,14H2,1-4H3,(H,23,24,25). The average molecular weight is 1830 g/mol. The minimum absolute atomic E-state index is 0.0499. The monoisotopic (exact) mass is 1820 g/mol. The molecule has 5 aliphatic heterocycles. The Morgan fingerprint density at radius 1 is 0.417 bits per heavy atom. The van der Waals surface area contributed by atoms with Crippen LogP contribution in [0.4, 0.5) is 91.4 Å². The molecule has 17 rings (SSSR count). The van der Waals surface area contributed by atoms with Gasteiger partial charge in [-0.1, -0.05) is 63.5 Å². The molecule has 0 unspecified atom stereocenters. The zero-order valence-electron chi connectivity index (χ0n) is 79.3. The van der Waals surface area contributed by atoms with Crippen LogP contribution in [0.25, 0.3) is 0 Å². The van der Waals surface area contributed by atoms with Crippen LogP contribution in [0.3, 0.4) is 0 Å². The van der Waals surface area contributed by atoms with Crippen molar-refractivity contribution in [3.63, 3.8) is 0 Å². The molecule has 35 heteroatoms. The highest BCUT2D eigenvalue weighted by Gasteiger charge is 2.47. The van der Waals surface area contributed by atoms with Crippen LogP contribution in [0, 0.1) is 21.7 Å². The molecule has 4 saturated carbocycles. The van der Waals surface area contributed by atoms with E-state index in [9.17, 15) is 33.6 Å². The van der Waals surface area contributed by atoms with E-state index in [2.05, 4.69) is 81.5 Å². The van der Waals surface area contributed by atoms with Crippen molar-refractivity contribution in [3.8, 4) is 17.2 Å². The van der Waals surface area contributed by atoms with Gasteiger partial charge < -0.3 is 90.0 Å². The quantitative estimate of drug-likeness (QED) is 0.0370. The second kappa shape index (κ2) is 41.2. The van der Waals surface area contributed by atoms with E-state index >= 15 is 0 Å². The molecule has 0 radical (unpaired) electrons. The van der Waals surface area contributed by atoms with Gasteiger partial charge in [-0.3, -0.25) is 34.1 Å². The second-order valence-corrected chi connectivity index (χ2v) is 39.1. The third kappa shape index (κ3) is 21.5. The minimum Gasteiger partial charge on any atom is -0.495 e. The molecule has 8 aromatic rings. The third-order valence-electron chi connectivity index (χ3n) is 26.5. The number of rotatable bonds is 19. The van der Waals surface area contributed by atoms with Crippen LogP contribution in [0.1, 0.15) is 192 Å². The number of hydrogen-bond donors (Lipinski definition) is 7. The Morgan fingerprint density at radius 3 is 1.16 bits per heavy atom. The number of benzene rings is 4. The van der Waals surface area contributed by atoms with Crippen molar-refractivity contribution in [2.24, 2.45) is 21.7 Å². The smallest absolute Gasteiger partial charge is 0.411 e. The molecule has 4 aromatic heterocycles. The van der Waals surface area contributed by atoms with E-state index in [1.165, 1.54) is 70.2 Å². The van der Waals surface area contributed by atoms with Crippen LogP contribution < -0.4 is 90.6 Å². The van der Waals surface area contributed by atoms with Crippen molar-refractivity contribution in [2.45, 2.75) is 211 Å². The fourth-order valence-corrected chi connectivity index (χ4v) is 20.0. The molecular formula is C97H129N23O11S. The average Bonchev–Trinajstić information content (AvgIpc) is 1.63. The molecule has 0 bridgehead atoms. The largest absolute Gasteiger partial charge is 0.495 e. The molecule has 7 N–H and O–H groups in total. The first-order valence-corrected chi connectivity index (χ1v) is 46.9. The van der Waals surface area contributed by atoms with Gasteiger partial charge in [-0.15, -0.1) is 0 Å². The summed E-state index contributed by atoms with van der Waals surface area (Å²) in [5.74, 6) is 6.34. The number of hydrogen-bond acceptors (Lipinski definition) is 28. The Labute approximate surface area is 778 Å². The molecule has 704 valence electrons. The van der Waals surface area contributed by atoms with Crippen molar-refractivity contribution in [3.05, 3.63) is 121 Å². The lowest BCUT2D eigenvalue weighted by atomic mass is 9.91. The predicted molar refractivity (Wildman–Crippen MR) is 517 cm³/mol. The summed E-state index contributed by atoms with van der Waals surface area (Å²) >= 11 is 1.46. The van der Waals surface area contributed by atoms with E-state index in [0.717, 1.165) is 134 Å². The fourth-order valence-electron chi connectivity index (χ4n) is 19.3. The lowest BCUT2D eigenvalue weighted by Gasteiger charge is -2.34. The summed E-state index contributed by atoms with van der Waals surface area (Å²) in [6, 6.07) is 27.3. The number of nitrogens with one attached hydrogen (secondary N) is 7. The van der Waals surface area contributed by atoms with Gasteiger partial charge in [0, 0.05) is 119 Å². The summed E-state index contributed by atoms with van der Waals surface area (Å²) in [7, 11) is 14.9. The summed E-state index contributed by atoms with van der Waals surface area (Å²) in [5, 5.41) is 22.1. The Morgan fingerprint density at radius 2 is 0.773 bits per heavy atom. The SMILES string of the molecule is CNC(=O)c1ccc(Sc2ncc3c(n2)N(C2CCCC2)CC(C)(C)C(=O)N3C)cc1.COC(=O)Nc1ccc(Nc2ncc3c(n2)N(C2CCCC2)CC(C)(C)C(=O)N3C)c(OC)c1.COc1cc(C(=O)NC2CCNCC2)ccc1Nc1ncc2c(n1)N(C1CCCC1)CC(C)(C)C(=O)N2C.COc1ccccc1Nc1ncc2c(n1)N(C1CCCC1)CC(C)(C)C(=O)N2C. The number of aromatic nitrogens is 8. The summed E-state index contributed by atoms with van der Waals surface area (Å²) in [6.07, 6.45) is 26.7. The van der Waals surface area contributed by atoms with E-state index in [0.29, 0.717) is 119 Å². The van der Waals surface area contributed by atoms with Crippen molar-refractivity contribution < 1.29 is 52.5 Å². The zero-order valence-corrected chi connectivity index (χ0v) is 80.1. The molecule has 0 spiro atoms. The molecular weight excluding hydrogens is 1700 g/mol. The van der Waals surface area contributed by atoms with Gasteiger partial charge in [-0.05, 0) is 211 Å². The van der Waals surface area contributed by atoms with E-state index in [4.69, 9.17) is 34.1 Å². The number of ether oxygens (including phenoxy) is 4. The number of para-hydroxylation sites is 2. The van der Waals surface area contributed by atoms with Crippen LogP contribution in [0.15, 0.2) is 120 Å². The molecule has 4 aromatic carbocycles. The highest BCUT2D eigenvalue weighted by Crippen LogP contribution is 2.47. The van der Waals surface area contributed by atoms with E-state index in [1.54, 1.807) is 129 Å². The van der Waals surface area contributed by atoms with Gasteiger partial charge in [-0.25, -0.2) is 29.7 Å². The predicted octanol–water partition coefficient (Wildman–Crippen LogP) is 15.3. The van der Waals surface area contributed by atoms with Gasteiger partial charge in [0.15, 0.2) is 28.4 Å². The second-order valence-electron chi connectivity index (χ2n) is 38.1. The molecule has 132 heavy (non-hydrogen) atoms. The molecule has 7 amide bonds. The zero-order chi connectivity index (χ0) is 94.1. The Hall–Kier alpha value is -12.4. The molecule has 1 saturated heterocycles. The molecule has 0 atom stereocenters. The first-order valence-electron chi connectivity index (χ1n) is 46.0. The Balaban J connectivity index is 0.000000142. The van der Waals surface area contributed by atoms with Crippen molar-refractivity contribution >= 4 is 140 Å². The topological polar surface area (TPSA) is 370 Å². The van der Waals surface area contributed by atoms with Gasteiger partial charge in [0.2, 0.25) is 41.5 Å². The number of fused-ring (bicyclic) bond motifs is 4. The number of piperidine rings is 1. The molecule has 5 fully saturated rings. The lowest BCUT2D eigenvalue weighted by Crippen LogP contribution is -2.45. The van der Waals surface area contributed by atoms with Crippen LogP contribution in [-0.2, 0) is 23.9 Å². The lowest BCUT2D eigenvalue weighted by molar-refractivity contribution is -0.126. The van der Waals surface area contributed by atoms with E-state index in [-0.39, 0.29) is 41.5 Å². The summed E-state index contributed by atoms with van der Waals surface area (Å²) < 4.78 is 21.2. The van der Waals surface area contributed by atoms with Gasteiger partial charge in [0.1, 0.15) is 40.0 Å². The highest BCUT2D eigenvalue weighted by atomic mass is 32.2. The fraction of sp³-hybridized carbons (Fsp3) is 0.515. The van der Waals surface area contributed by atoms with Crippen LogP contribution >= 0.6 is 11.8 Å². The normalized spacial score (nSPS) is 18.9. The van der Waals surface area contributed by atoms with Crippen molar-refractivity contribution in [1.29, 1.82) is 0 Å². The maximum absolute atomic E-state index is 13.2. The first kappa shape index (κ1) is 95.7. The summed E-state index contributed by atoms with van der Waals surface area (Å²) in [6.45, 7) is 20.4. The Kier molecular flexibility index (Phi) is 29.8. The van der Waals surface area contributed by atoms with Crippen LogP contribution in [0.5, 0.6) is 17.2 Å². The number of methoxy groups -OCH3 is 4. The van der Waals surface area contributed by atoms with Crippen molar-refractivity contribution in [1.82, 2.24) is 55.8 Å². The molecule has 9 aliphatic rings. The molecule has 9 heterocycles. The van der Waals surface area contributed by atoms with Crippen molar-refractivity contribution in [2.75, 3.05) is 163 Å². The van der Waals surface area contributed by atoms with E-state index in [1.807, 2.05) is 112 Å². The summed E-state index contributed by atoms with van der Waals surface area (Å²) in [5.41, 5.74) is 4.68. The third-order valence-corrected chi connectivity index (χ3v) is 27.4. The number of carbonyl (C=O) groups is 7. The van der Waals surface area contributed by atoms with Gasteiger partial charge >= 0.3 is 6.09 Å². The summed E-state index contributed by atoms with van der Waals surface area (Å²) in [4.78, 5) is 143.